The van der Waals surface area contributed by atoms with Gasteiger partial charge in [0.2, 0.25) is 0 Å². The minimum absolute atomic E-state index is 0.0711. The molecule has 0 amide bonds. The molecule has 1 saturated heterocycles. The van der Waals surface area contributed by atoms with Crippen LogP contribution in [0.15, 0.2) is 12.4 Å². The second kappa shape index (κ2) is 4.65. The van der Waals surface area contributed by atoms with Crippen LogP contribution >= 0.6 is 11.8 Å². The molecule has 0 bridgehead atoms. The molecule has 1 N–H and O–H groups in total. The van der Waals surface area contributed by atoms with E-state index in [0.717, 1.165) is 36.5 Å². The molecule has 17 heavy (non-hydrogen) atoms. The van der Waals surface area contributed by atoms with Crippen LogP contribution in [-0.2, 0) is 12.1 Å². The van der Waals surface area contributed by atoms with E-state index in [1.165, 1.54) is 0 Å². The quantitative estimate of drug-likeness (QED) is 0.901. The van der Waals surface area contributed by atoms with E-state index < -0.39 is 5.60 Å². The molecule has 1 aliphatic rings. The lowest BCUT2D eigenvalue weighted by Crippen LogP contribution is -2.47. The molecule has 1 aromatic heterocycles. The molecule has 0 saturated carbocycles. The Morgan fingerprint density at radius 2 is 2.29 bits per heavy atom. The van der Waals surface area contributed by atoms with Gasteiger partial charge in [-0.25, -0.2) is 0 Å². The first kappa shape index (κ1) is 13.0. The molecule has 0 spiro atoms. The van der Waals surface area contributed by atoms with E-state index in [2.05, 4.69) is 25.9 Å². The van der Waals surface area contributed by atoms with Gasteiger partial charge in [0.25, 0.3) is 0 Å². The van der Waals surface area contributed by atoms with Crippen molar-refractivity contribution >= 4 is 11.8 Å². The van der Waals surface area contributed by atoms with Gasteiger partial charge in [-0.05, 0) is 24.0 Å². The van der Waals surface area contributed by atoms with Crippen LogP contribution < -0.4 is 0 Å². The van der Waals surface area contributed by atoms with Gasteiger partial charge in [-0.15, -0.1) is 0 Å². The van der Waals surface area contributed by atoms with E-state index >= 15 is 0 Å². The zero-order valence-electron chi connectivity index (χ0n) is 10.9. The van der Waals surface area contributed by atoms with Crippen LogP contribution in [-0.4, -0.2) is 26.4 Å². The van der Waals surface area contributed by atoms with Crippen molar-refractivity contribution in [3.63, 3.8) is 0 Å². The van der Waals surface area contributed by atoms with Gasteiger partial charge in [-0.3, -0.25) is 4.68 Å². The Balaban J connectivity index is 2.28. The summed E-state index contributed by atoms with van der Waals surface area (Å²) in [7, 11) is 0. The lowest BCUT2D eigenvalue weighted by atomic mass is 9.70. The minimum atomic E-state index is -0.734. The van der Waals surface area contributed by atoms with Crippen LogP contribution in [0.5, 0.6) is 0 Å². The van der Waals surface area contributed by atoms with E-state index in [-0.39, 0.29) is 5.41 Å². The SMILES string of the molecule is CCCn1cc(C2(O)CSCCC2(C)C)cn1. The lowest BCUT2D eigenvalue weighted by Gasteiger charge is -2.45. The average molecular weight is 254 g/mol. The van der Waals surface area contributed by atoms with E-state index in [9.17, 15) is 5.11 Å². The van der Waals surface area contributed by atoms with Crippen molar-refractivity contribution in [1.29, 1.82) is 0 Å². The predicted octanol–water partition coefficient (Wildman–Crippen LogP) is 2.64. The molecule has 96 valence electrons. The van der Waals surface area contributed by atoms with Crippen LogP contribution in [0.2, 0.25) is 0 Å². The fraction of sp³-hybridized carbons (Fsp3) is 0.769. The monoisotopic (exact) mass is 254 g/mol. The largest absolute Gasteiger partial charge is 0.384 e. The van der Waals surface area contributed by atoms with E-state index in [1.54, 1.807) is 0 Å². The Morgan fingerprint density at radius 3 is 2.94 bits per heavy atom. The Kier molecular flexibility index (Phi) is 3.55. The van der Waals surface area contributed by atoms with Crippen molar-refractivity contribution in [2.24, 2.45) is 5.41 Å². The molecule has 0 aliphatic carbocycles. The number of hydrogen-bond donors (Lipinski definition) is 1. The molecule has 0 aromatic carbocycles. The first-order chi connectivity index (χ1) is 7.99. The number of thioether (sulfide) groups is 1. The smallest absolute Gasteiger partial charge is 0.107 e. The average Bonchev–Trinajstić information content (AvgIpc) is 2.72. The van der Waals surface area contributed by atoms with Crippen LogP contribution in [0.1, 0.15) is 39.2 Å². The highest BCUT2D eigenvalue weighted by Gasteiger charge is 2.47. The Morgan fingerprint density at radius 1 is 1.53 bits per heavy atom. The van der Waals surface area contributed by atoms with Gasteiger partial charge in [0.05, 0.1) is 6.20 Å². The summed E-state index contributed by atoms with van der Waals surface area (Å²) in [5, 5.41) is 15.3. The molecular weight excluding hydrogens is 232 g/mol. The maximum Gasteiger partial charge on any atom is 0.107 e. The fourth-order valence-electron chi connectivity index (χ4n) is 2.35. The molecule has 1 atom stereocenters. The third-order valence-electron chi connectivity index (χ3n) is 3.87. The van der Waals surface area contributed by atoms with Crippen LogP contribution in [0, 0.1) is 5.41 Å². The summed E-state index contributed by atoms with van der Waals surface area (Å²) < 4.78 is 1.93. The zero-order chi connectivity index (χ0) is 12.5. The predicted molar refractivity (Wildman–Crippen MR) is 72.1 cm³/mol. The van der Waals surface area contributed by atoms with Gasteiger partial charge in [0, 0.05) is 24.1 Å². The van der Waals surface area contributed by atoms with Crippen molar-refractivity contribution in [2.75, 3.05) is 11.5 Å². The number of aryl methyl sites for hydroxylation is 1. The van der Waals surface area contributed by atoms with E-state index in [0.29, 0.717) is 0 Å². The fourth-order valence-corrected chi connectivity index (χ4v) is 4.00. The molecule has 0 radical (unpaired) electrons. The summed E-state index contributed by atoms with van der Waals surface area (Å²) in [6.07, 6.45) is 5.96. The summed E-state index contributed by atoms with van der Waals surface area (Å²) in [4.78, 5) is 0. The second-order valence-corrected chi connectivity index (χ2v) is 6.64. The van der Waals surface area contributed by atoms with Gasteiger partial charge in [-0.1, -0.05) is 20.8 Å². The van der Waals surface area contributed by atoms with Crippen molar-refractivity contribution < 1.29 is 5.11 Å². The maximum absolute atomic E-state index is 11.0. The third kappa shape index (κ3) is 2.25. The molecule has 3 nitrogen and oxygen atoms in total. The number of aliphatic hydroxyl groups is 1. The molecule has 1 aliphatic heterocycles. The van der Waals surface area contributed by atoms with Crippen LogP contribution in [0.3, 0.4) is 0 Å². The summed E-state index contributed by atoms with van der Waals surface area (Å²) in [5.41, 5.74) is 0.170. The van der Waals surface area contributed by atoms with E-state index in [4.69, 9.17) is 0 Å². The Hall–Kier alpha value is -0.480. The maximum atomic E-state index is 11.0. The molecule has 1 unspecified atom stereocenters. The topological polar surface area (TPSA) is 38.0 Å². The van der Waals surface area contributed by atoms with Gasteiger partial charge < -0.3 is 5.11 Å². The van der Waals surface area contributed by atoms with Crippen LogP contribution in [0.4, 0.5) is 0 Å². The second-order valence-electron chi connectivity index (χ2n) is 5.54. The summed E-state index contributed by atoms with van der Waals surface area (Å²) in [6, 6.07) is 0. The summed E-state index contributed by atoms with van der Waals surface area (Å²) in [5.74, 6) is 1.91. The zero-order valence-corrected chi connectivity index (χ0v) is 11.8. The Labute approximate surface area is 108 Å². The highest BCUT2D eigenvalue weighted by molar-refractivity contribution is 7.99. The number of hydrogen-bond acceptors (Lipinski definition) is 3. The number of rotatable bonds is 3. The molecule has 1 aromatic rings. The van der Waals surface area contributed by atoms with Crippen molar-refractivity contribution in [3.8, 4) is 0 Å². The number of nitrogens with zero attached hydrogens (tertiary/aromatic N) is 2. The first-order valence-electron chi connectivity index (χ1n) is 6.33. The van der Waals surface area contributed by atoms with Crippen molar-refractivity contribution in [3.05, 3.63) is 18.0 Å². The Bertz CT molecular complexity index is 389. The van der Waals surface area contributed by atoms with Crippen molar-refractivity contribution in [1.82, 2.24) is 9.78 Å². The lowest BCUT2D eigenvalue weighted by molar-refractivity contribution is -0.0579. The summed E-state index contributed by atoms with van der Waals surface area (Å²) >= 11 is 1.83. The molecular formula is C13H22N2OS. The van der Waals surface area contributed by atoms with Crippen LogP contribution in [0.25, 0.3) is 0 Å². The van der Waals surface area contributed by atoms with Crippen molar-refractivity contribution in [2.45, 2.75) is 45.8 Å². The molecule has 4 heteroatoms. The summed E-state index contributed by atoms with van der Waals surface area (Å²) in [6.45, 7) is 7.37. The minimum Gasteiger partial charge on any atom is -0.384 e. The first-order valence-corrected chi connectivity index (χ1v) is 7.48. The number of aromatic nitrogens is 2. The molecule has 2 rings (SSSR count). The third-order valence-corrected chi connectivity index (χ3v) is 4.98. The molecule has 2 heterocycles. The standard InChI is InChI=1S/C13H22N2OS/c1-4-6-15-9-11(8-14-15)13(16)10-17-7-5-12(13,2)3/h8-9,16H,4-7,10H2,1-3H3. The van der Waals surface area contributed by atoms with E-state index in [1.807, 2.05) is 28.8 Å². The van der Waals surface area contributed by atoms with Gasteiger partial charge >= 0.3 is 0 Å². The van der Waals surface area contributed by atoms with Gasteiger partial charge in [-0.2, -0.15) is 16.9 Å². The van der Waals surface area contributed by atoms with Gasteiger partial charge in [0.1, 0.15) is 5.60 Å². The normalized spacial score (nSPS) is 28.2. The van der Waals surface area contributed by atoms with Gasteiger partial charge in [0.15, 0.2) is 0 Å². The highest BCUT2D eigenvalue weighted by atomic mass is 32.2. The molecule has 1 fully saturated rings. The highest BCUT2D eigenvalue weighted by Crippen LogP contribution is 2.48.